The molecule has 0 spiro atoms. The molecule has 22 heavy (non-hydrogen) atoms. The zero-order chi connectivity index (χ0) is 15.3. The van der Waals surface area contributed by atoms with Gasteiger partial charge < -0.3 is 10.2 Å². The van der Waals surface area contributed by atoms with Crippen molar-refractivity contribution in [2.45, 2.75) is 93.4 Å². The van der Waals surface area contributed by atoms with E-state index in [2.05, 4.69) is 5.32 Å². The molecule has 2 heterocycles. The van der Waals surface area contributed by atoms with Crippen molar-refractivity contribution in [2.24, 2.45) is 5.92 Å². The van der Waals surface area contributed by atoms with E-state index in [0.717, 1.165) is 32.1 Å². The van der Waals surface area contributed by atoms with E-state index in [1.54, 1.807) is 0 Å². The molecule has 2 aliphatic carbocycles. The van der Waals surface area contributed by atoms with Gasteiger partial charge in [-0.05, 0) is 64.2 Å². The van der Waals surface area contributed by atoms with Crippen molar-refractivity contribution in [2.75, 3.05) is 0 Å². The van der Waals surface area contributed by atoms with E-state index < -0.39 is 5.67 Å². The second-order valence-corrected chi connectivity index (χ2v) is 8.41. The molecule has 0 aromatic carbocycles. The van der Waals surface area contributed by atoms with Crippen LogP contribution in [0.25, 0.3) is 0 Å². The molecule has 0 radical (unpaired) electrons. The van der Waals surface area contributed by atoms with Crippen molar-refractivity contribution < 1.29 is 9.18 Å². The summed E-state index contributed by atoms with van der Waals surface area (Å²) < 4.78 is 14.8. The van der Waals surface area contributed by atoms with Crippen LogP contribution in [0.15, 0.2) is 0 Å². The first kappa shape index (κ1) is 15.0. The van der Waals surface area contributed by atoms with E-state index >= 15 is 0 Å². The molecule has 2 bridgehead atoms. The molecular formula is C17H26ClFN2O. The number of alkyl halides is 2. The molecule has 5 unspecified atom stereocenters. The number of fused-ring (bicyclic) bond motifs is 2. The van der Waals surface area contributed by atoms with Crippen LogP contribution in [0.4, 0.5) is 9.18 Å². The number of piperidine rings is 1. The van der Waals surface area contributed by atoms with Gasteiger partial charge >= 0.3 is 6.03 Å². The van der Waals surface area contributed by atoms with Gasteiger partial charge in [0.05, 0.1) is 0 Å². The van der Waals surface area contributed by atoms with Crippen LogP contribution in [0.2, 0.25) is 0 Å². The highest BCUT2D eigenvalue weighted by Gasteiger charge is 2.50. The van der Waals surface area contributed by atoms with Crippen LogP contribution < -0.4 is 5.32 Å². The maximum atomic E-state index is 14.8. The van der Waals surface area contributed by atoms with Crippen molar-refractivity contribution >= 4 is 17.6 Å². The standard InChI is InChI=1S/C17H26ClFN2O/c18-15-6-5-11(9-14(15)17(19)7-2-8-17)20-16(22)21-12-3-1-4-13(21)10-12/h11-15H,1-10H2,(H,20,22). The van der Waals surface area contributed by atoms with Gasteiger partial charge in [0, 0.05) is 29.4 Å². The molecule has 3 nitrogen and oxygen atoms in total. The van der Waals surface area contributed by atoms with Crippen molar-refractivity contribution in [3.63, 3.8) is 0 Å². The summed E-state index contributed by atoms with van der Waals surface area (Å²) in [6.45, 7) is 0. The Morgan fingerprint density at radius 3 is 2.41 bits per heavy atom. The van der Waals surface area contributed by atoms with Crippen molar-refractivity contribution in [1.82, 2.24) is 10.2 Å². The molecule has 0 aromatic rings. The van der Waals surface area contributed by atoms with Gasteiger partial charge in [-0.2, -0.15) is 0 Å². The third kappa shape index (κ3) is 2.42. The molecule has 4 fully saturated rings. The minimum Gasteiger partial charge on any atom is -0.335 e. The lowest BCUT2D eigenvalue weighted by Crippen LogP contribution is -2.64. The zero-order valence-electron chi connectivity index (χ0n) is 13.1. The maximum absolute atomic E-state index is 14.8. The van der Waals surface area contributed by atoms with Gasteiger partial charge in [-0.15, -0.1) is 11.6 Å². The Hall–Kier alpha value is -0.510. The van der Waals surface area contributed by atoms with Gasteiger partial charge in [0.25, 0.3) is 0 Å². The average molecular weight is 329 g/mol. The van der Waals surface area contributed by atoms with Crippen LogP contribution >= 0.6 is 11.6 Å². The number of hydrogen-bond donors (Lipinski definition) is 1. The van der Waals surface area contributed by atoms with Crippen molar-refractivity contribution in [3.05, 3.63) is 0 Å². The summed E-state index contributed by atoms with van der Waals surface area (Å²) >= 11 is 6.40. The summed E-state index contributed by atoms with van der Waals surface area (Å²) in [5.41, 5.74) is -1.07. The van der Waals surface area contributed by atoms with E-state index in [1.165, 1.54) is 12.8 Å². The highest BCUT2D eigenvalue weighted by atomic mass is 35.5. The number of urea groups is 1. The van der Waals surface area contributed by atoms with Crippen LogP contribution in [-0.2, 0) is 0 Å². The molecule has 4 rings (SSSR count). The Bertz CT molecular complexity index is 442. The molecular weight excluding hydrogens is 303 g/mol. The summed E-state index contributed by atoms with van der Waals surface area (Å²) in [7, 11) is 0. The molecule has 5 heteroatoms. The zero-order valence-corrected chi connectivity index (χ0v) is 13.8. The first-order chi connectivity index (χ1) is 10.6. The van der Waals surface area contributed by atoms with Gasteiger partial charge in [-0.1, -0.05) is 0 Å². The summed E-state index contributed by atoms with van der Waals surface area (Å²) in [4.78, 5) is 14.6. The minimum atomic E-state index is -1.07. The number of amides is 2. The Balaban J connectivity index is 1.36. The predicted molar refractivity (Wildman–Crippen MR) is 84.9 cm³/mol. The van der Waals surface area contributed by atoms with Crippen molar-refractivity contribution in [3.8, 4) is 0 Å². The Kier molecular flexibility index (Phi) is 3.79. The van der Waals surface area contributed by atoms with Gasteiger partial charge in [0.15, 0.2) is 0 Å². The first-order valence-electron chi connectivity index (χ1n) is 8.99. The van der Waals surface area contributed by atoms with Gasteiger partial charge in [-0.25, -0.2) is 9.18 Å². The fraction of sp³-hybridized carbons (Fsp3) is 0.941. The first-order valence-corrected chi connectivity index (χ1v) is 9.42. The number of nitrogens with one attached hydrogen (secondary N) is 1. The summed E-state index contributed by atoms with van der Waals surface area (Å²) in [5, 5.41) is 3.11. The summed E-state index contributed by atoms with van der Waals surface area (Å²) in [6.07, 6.45) is 9.41. The van der Waals surface area contributed by atoms with Crippen LogP contribution in [0.1, 0.15) is 64.2 Å². The van der Waals surface area contributed by atoms with Gasteiger partial charge in [0.2, 0.25) is 0 Å². The Morgan fingerprint density at radius 2 is 1.82 bits per heavy atom. The SMILES string of the molecule is O=C(NC1CCC(Cl)C(C2(F)CCC2)C1)N1C2CCCC1C2. The third-order valence-corrected chi connectivity index (χ3v) is 7.11. The number of carbonyl (C=O) groups excluding carboxylic acids is 1. The molecule has 0 aromatic heterocycles. The molecule has 4 aliphatic rings. The van der Waals surface area contributed by atoms with Gasteiger partial charge in [-0.3, -0.25) is 0 Å². The van der Waals surface area contributed by atoms with Crippen LogP contribution in [0.3, 0.4) is 0 Å². The predicted octanol–water partition coefficient (Wildman–Crippen LogP) is 3.99. The Morgan fingerprint density at radius 1 is 1.09 bits per heavy atom. The minimum absolute atomic E-state index is 0.0677. The van der Waals surface area contributed by atoms with Crippen LogP contribution in [0.5, 0.6) is 0 Å². The number of rotatable bonds is 2. The molecule has 1 N–H and O–H groups in total. The number of halogens is 2. The highest BCUT2D eigenvalue weighted by Crippen LogP contribution is 2.49. The topological polar surface area (TPSA) is 32.3 Å². The fourth-order valence-corrected chi connectivity index (χ4v) is 5.53. The summed E-state index contributed by atoms with van der Waals surface area (Å²) in [5.74, 6) is -0.0853. The smallest absolute Gasteiger partial charge is 0.318 e. The quantitative estimate of drug-likeness (QED) is 0.764. The average Bonchev–Trinajstić information content (AvgIpc) is 2.47. The largest absolute Gasteiger partial charge is 0.335 e. The summed E-state index contributed by atoms with van der Waals surface area (Å²) in [6, 6.07) is 1.09. The molecule has 124 valence electrons. The molecule has 2 amide bonds. The lowest BCUT2D eigenvalue weighted by molar-refractivity contribution is -0.0220. The molecule has 5 atom stereocenters. The lowest BCUT2D eigenvalue weighted by atomic mass is 9.66. The lowest BCUT2D eigenvalue weighted by Gasteiger charge is -2.53. The molecule has 2 saturated heterocycles. The third-order valence-electron chi connectivity index (χ3n) is 6.58. The van der Waals surface area contributed by atoms with Crippen LogP contribution in [0, 0.1) is 5.92 Å². The Labute approximate surface area is 136 Å². The second kappa shape index (κ2) is 5.54. The monoisotopic (exact) mass is 328 g/mol. The van der Waals surface area contributed by atoms with E-state index in [-0.39, 0.29) is 23.4 Å². The number of carbonyl (C=O) groups is 1. The number of hydrogen-bond acceptors (Lipinski definition) is 1. The highest BCUT2D eigenvalue weighted by molar-refractivity contribution is 6.20. The van der Waals surface area contributed by atoms with E-state index in [9.17, 15) is 9.18 Å². The normalized spacial score (nSPS) is 43.0. The maximum Gasteiger partial charge on any atom is 0.318 e. The van der Waals surface area contributed by atoms with Crippen molar-refractivity contribution in [1.29, 1.82) is 0 Å². The van der Waals surface area contributed by atoms with E-state index in [1.807, 2.05) is 4.90 Å². The molecule has 2 saturated carbocycles. The van der Waals surface area contributed by atoms with Crippen LogP contribution in [-0.4, -0.2) is 40.1 Å². The fourth-order valence-electron chi connectivity index (χ4n) is 5.07. The van der Waals surface area contributed by atoms with E-state index in [4.69, 9.17) is 11.6 Å². The molecule has 2 aliphatic heterocycles. The number of nitrogens with zero attached hydrogens (tertiary/aromatic N) is 1. The second-order valence-electron chi connectivity index (χ2n) is 7.85. The van der Waals surface area contributed by atoms with E-state index in [0.29, 0.717) is 31.3 Å². The van der Waals surface area contributed by atoms with Gasteiger partial charge in [0.1, 0.15) is 5.67 Å².